The number of hydrogen-bond donors (Lipinski definition) is 1. The highest BCUT2D eigenvalue weighted by Gasteiger charge is 2.32. The number of carbonyl (C=O) groups excluding carboxylic acids is 2. The fraction of sp³-hybridized carbons (Fsp3) is 0.333. The molecule has 0 fully saturated rings. The molecule has 0 spiro atoms. The van der Waals surface area contributed by atoms with Gasteiger partial charge in [0.1, 0.15) is 6.04 Å². The molecule has 178 valence electrons. The zero-order valence-corrected chi connectivity index (χ0v) is 21.0. The normalized spacial score (nSPS) is 12.1. The Kier molecular flexibility index (Phi) is 8.27. The maximum absolute atomic E-state index is 13.7. The third kappa shape index (κ3) is 7.58. The molecule has 0 bridgehead atoms. The largest absolute Gasteiger partial charge is 0.350 e. The van der Waals surface area contributed by atoms with Crippen molar-refractivity contribution < 1.29 is 9.59 Å². The molecule has 3 aromatic rings. The topological polar surface area (TPSA) is 49.4 Å². The number of hydrogen-bond acceptors (Lipinski definition) is 2. The summed E-state index contributed by atoms with van der Waals surface area (Å²) in [6, 6.07) is 25.4. The Morgan fingerprint density at radius 2 is 1.44 bits per heavy atom. The molecule has 0 heterocycles. The van der Waals surface area contributed by atoms with Gasteiger partial charge in [-0.25, -0.2) is 0 Å². The lowest BCUT2D eigenvalue weighted by Gasteiger charge is -2.34. The van der Waals surface area contributed by atoms with E-state index >= 15 is 0 Å². The van der Waals surface area contributed by atoms with Gasteiger partial charge in [-0.05, 0) is 51.3 Å². The third-order valence-corrected chi connectivity index (χ3v) is 5.68. The Bertz CT molecular complexity index is 1100. The Labute approximate surface area is 204 Å². The molecule has 2 amide bonds. The lowest BCUT2D eigenvalue weighted by molar-refractivity contribution is -0.141. The highest BCUT2D eigenvalue weighted by atomic mass is 16.2. The van der Waals surface area contributed by atoms with Crippen LogP contribution >= 0.6 is 0 Å². The van der Waals surface area contributed by atoms with Gasteiger partial charge in [0.25, 0.3) is 0 Å². The van der Waals surface area contributed by atoms with Crippen LogP contribution < -0.4 is 5.32 Å². The molecule has 0 aliphatic heterocycles. The van der Waals surface area contributed by atoms with Gasteiger partial charge in [0, 0.05) is 18.5 Å². The van der Waals surface area contributed by atoms with Crippen LogP contribution in [0.15, 0.2) is 78.9 Å². The zero-order valence-electron chi connectivity index (χ0n) is 21.0. The highest BCUT2D eigenvalue weighted by molar-refractivity contribution is 5.89. The first kappa shape index (κ1) is 25.2. The smallest absolute Gasteiger partial charge is 0.243 e. The summed E-state index contributed by atoms with van der Waals surface area (Å²) in [5, 5.41) is 3.11. The van der Waals surface area contributed by atoms with Crippen molar-refractivity contribution in [2.75, 3.05) is 0 Å². The van der Waals surface area contributed by atoms with E-state index in [1.54, 1.807) is 4.90 Å². The van der Waals surface area contributed by atoms with Crippen LogP contribution in [0.1, 0.15) is 48.6 Å². The molecular weight excluding hydrogens is 420 g/mol. The van der Waals surface area contributed by atoms with Crippen molar-refractivity contribution in [2.45, 2.75) is 65.6 Å². The Hall–Kier alpha value is -3.40. The molecule has 4 nitrogen and oxygen atoms in total. The Morgan fingerprint density at radius 3 is 2.06 bits per heavy atom. The lowest BCUT2D eigenvalue weighted by Crippen LogP contribution is -2.54. The molecule has 3 aromatic carbocycles. The zero-order chi connectivity index (χ0) is 24.7. The van der Waals surface area contributed by atoms with E-state index in [0.717, 1.165) is 27.8 Å². The monoisotopic (exact) mass is 456 g/mol. The molecule has 0 aliphatic rings. The summed E-state index contributed by atoms with van der Waals surface area (Å²) in [6.07, 6.45) is 0.703. The van der Waals surface area contributed by atoms with E-state index in [-0.39, 0.29) is 18.2 Å². The molecule has 1 atom stereocenters. The fourth-order valence-electron chi connectivity index (χ4n) is 4.00. The summed E-state index contributed by atoms with van der Waals surface area (Å²) in [4.78, 5) is 29.0. The van der Waals surface area contributed by atoms with Gasteiger partial charge in [0.2, 0.25) is 11.8 Å². The summed E-state index contributed by atoms with van der Waals surface area (Å²) < 4.78 is 0. The molecule has 3 rings (SSSR count). The number of benzene rings is 3. The van der Waals surface area contributed by atoms with Crippen LogP contribution in [0, 0.1) is 13.8 Å². The Morgan fingerprint density at radius 1 is 0.794 bits per heavy atom. The fourth-order valence-corrected chi connectivity index (χ4v) is 4.00. The minimum atomic E-state index is -0.625. The second-order valence-corrected chi connectivity index (χ2v) is 10.1. The van der Waals surface area contributed by atoms with E-state index in [4.69, 9.17) is 0 Å². The van der Waals surface area contributed by atoms with Crippen molar-refractivity contribution in [3.8, 4) is 0 Å². The molecule has 0 saturated carbocycles. The SMILES string of the molecule is Cc1ccc(CC(=O)N(Cc2cccc(C)c2)[C@H](Cc2ccccc2)C(=O)NC(C)(C)C)cc1. The van der Waals surface area contributed by atoms with Gasteiger partial charge in [0.15, 0.2) is 0 Å². The summed E-state index contributed by atoms with van der Waals surface area (Å²) in [7, 11) is 0. The van der Waals surface area contributed by atoms with E-state index in [0.29, 0.717) is 13.0 Å². The quantitative estimate of drug-likeness (QED) is 0.493. The first-order valence-corrected chi connectivity index (χ1v) is 11.9. The molecule has 0 saturated heterocycles. The van der Waals surface area contributed by atoms with Gasteiger partial charge in [0.05, 0.1) is 6.42 Å². The standard InChI is InChI=1S/C30H36N2O2/c1-22-14-16-25(17-15-22)20-28(33)32(21-26-13-9-10-23(2)18-26)27(29(34)31-30(3,4)5)19-24-11-7-6-8-12-24/h6-18,27H,19-21H2,1-5H3,(H,31,34)/t27-/m1/s1. The molecule has 0 aromatic heterocycles. The van der Waals surface area contributed by atoms with Gasteiger partial charge in [-0.3, -0.25) is 9.59 Å². The van der Waals surface area contributed by atoms with Crippen molar-refractivity contribution in [3.05, 3.63) is 107 Å². The molecular formula is C30H36N2O2. The minimum absolute atomic E-state index is 0.0599. The van der Waals surface area contributed by atoms with Crippen molar-refractivity contribution in [1.29, 1.82) is 0 Å². The van der Waals surface area contributed by atoms with Crippen LogP contribution in [-0.2, 0) is 29.0 Å². The predicted octanol–water partition coefficient (Wildman–Crippen LogP) is 5.40. The van der Waals surface area contributed by atoms with Crippen LogP contribution in [0.5, 0.6) is 0 Å². The van der Waals surface area contributed by atoms with Crippen LogP contribution in [-0.4, -0.2) is 28.3 Å². The second kappa shape index (κ2) is 11.1. The molecule has 1 N–H and O–H groups in total. The van der Waals surface area contributed by atoms with Gasteiger partial charge in [-0.15, -0.1) is 0 Å². The summed E-state index contributed by atoms with van der Waals surface area (Å²) in [6.45, 7) is 10.3. The summed E-state index contributed by atoms with van der Waals surface area (Å²) >= 11 is 0. The van der Waals surface area contributed by atoms with E-state index < -0.39 is 11.6 Å². The molecule has 0 radical (unpaired) electrons. The first-order chi connectivity index (χ1) is 16.1. The summed E-state index contributed by atoms with van der Waals surface area (Å²) in [5.74, 6) is -0.198. The van der Waals surface area contributed by atoms with Gasteiger partial charge >= 0.3 is 0 Å². The van der Waals surface area contributed by atoms with Crippen LogP contribution in [0.3, 0.4) is 0 Å². The second-order valence-electron chi connectivity index (χ2n) is 10.1. The first-order valence-electron chi connectivity index (χ1n) is 11.9. The highest BCUT2D eigenvalue weighted by Crippen LogP contribution is 2.18. The maximum Gasteiger partial charge on any atom is 0.243 e. The number of nitrogens with zero attached hydrogens (tertiary/aromatic N) is 1. The predicted molar refractivity (Wildman–Crippen MR) is 138 cm³/mol. The van der Waals surface area contributed by atoms with Crippen molar-refractivity contribution in [2.24, 2.45) is 0 Å². The van der Waals surface area contributed by atoms with E-state index in [1.807, 2.05) is 107 Å². The van der Waals surface area contributed by atoms with E-state index in [2.05, 4.69) is 11.4 Å². The van der Waals surface area contributed by atoms with E-state index in [1.165, 1.54) is 0 Å². The average Bonchev–Trinajstić information content (AvgIpc) is 2.77. The van der Waals surface area contributed by atoms with Gasteiger partial charge in [-0.1, -0.05) is 90.0 Å². The van der Waals surface area contributed by atoms with Crippen molar-refractivity contribution >= 4 is 11.8 Å². The van der Waals surface area contributed by atoms with Crippen molar-refractivity contribution in [1.82, 2.24) is 10.2 Å². The van der Waals surface area contributed by atoms with Gasteiger partial charge < -0.3 is 10.2 Å². The van der Waals surface area contributed by atoms with Crippen molar-refractivity contribution in [3.63, 3.8) is 0 Å². The van der Waals surface area contributed by atoms with Crippen LogP contribution in [0.2, 0.25) is 0 Å². The number of nitrogens with one attached hydrogen (secondary N) is 1. The minimum Gasteiger partial charge on any atom is -0.350 e. The third-order valence-electron chi connectivity index (χ3n) is 5.68. The molecule has 0 aliphatic carbocycles. The van der Waals surface area contributed by atoms with Gasteiger partial charge in [-0.2, -0.15) is 0 Å². The number of carbonyl (C=O) groups is 2. The number of aryl methyl sites for hydroxylation is 2. The number of rotatable bonds is 8. The molecule has 34 heavy (non-hydrogen) atoms. The van der Waals surface area contributed by atoms with E-state index in [9.17, 15) is 9.59 Å². The van der Waals surface area contributed by atoms with Crippen LogP contribution in [0.4, 0.5) is 0 Å². The summed E-state index contributed by atoms with van der Waals surface area (Å²) in [5.41, 5.74) is 4.86. The lowest BCUT2D eigenvalue weighted by atomic mass is 9.99. The average molecular weight is 457 g/mol. The van der Waals surface area contributed by atoms with Crippen LogP contribution in [0.25, 0.3) is 0 Å². The molecule has 0 unspecified atom stereocenters. The molecule has 4 heteroatoms. The number of amides is 2. The Balaban J connectivity index is 1.98. The maximum atomic E-state index is 13.7.